The van der Waals surface area contributed by atoms with E-state index >= 15 is 0 Å². The average Bonchev–Trinajstić information content (AvgIpc) is 2.76. The zero-order valence-corrected chi connectivity index (χ0v) is 18.3. The summed E-state index contributed by atoms with van der Waals surface area (Å²) >= 11 is 0. The maximum Gasteiger partial charge on any atom is 0.336 e. The number of aryl methyl sites for hydroxylation is 1. The Bertz CT molecular complexity index is 1200. The third-order valence-electron chi connectivity index (χ3n) is 5.11. The number of amides is 1. The summed E-state index contributed by atoms with van der Waals surface area (Å²) in [5.74, 6) is -1.25. The summed E-state index contributed by atoms with van der Waals surface area (Å²) in [4.78, 5) is 35.5. The van der Waals surface area contributed by atoms with Gasteiger partial charge in [0.25, 0.3) is 5.91 Å². The second-order valence-electron chi connectivity index (χ2n) is 7.67. The molecule has 0 unspecified atom stereocenters. The van der Waals surface area contributed by atoms with E-state index in [-0.39, 0.29) is 5.92 Å². The van der Waals surface area contributed by atoms with Crippen molar-refractivity contribution in [2.75, 3.05) is 13.7 Å². The molecule has 168 valence electrons. The summed E-state index contributed by atoms with van der Waals surface area (Å²) in [6.45, 7) is 4.65. The fourth-order valence-electron chi connectivity index (χ4n) is 3.36. The normalized spacial score (nSPS) is 11.9. The molecule has 1 amide bonds. The second kappa shape index (κ2) is 9.55. The van der Waals surface area contributed by atoms with E-state index in [2.05, 4.69) is 5.32 Å². The van der Waals surface area contributed by atoms with Crippen molar-refractivity contribution in [1.29, 1.82) is 0 Å². The highest BCUT2D eigenvalue weighted by Gasteiger charge is 2.18. The molecule has 0 fully saturated rings. The molecule has 8 nitrogen and oxygen atoms in total. The van der Waals surface area contributed by atoms with E-state index < -0.39 is 30.2 Å². The molecule has 0 saturated heterocycles. The second-order valence-corrected chi connectivity index (χ2v) is 7.67. The minimum atomic E-state index is -1.36. The lowest BCUT2D eigenvalue weighted by Gasteiger charge is -2.23. The molecule has 1 N–H and O–H groups in total. The molecular weight excluding hydrogens is 414 g/mol. The molecule has 0 saturated carbocycles. The predicted octanol–water partition coefficient (Wildman–Crippen LogP) is 2.05. The van der Waals surface area contributed by atoms with Gasteiger partial charge in [-0.3, -0.25) is 4.79 Å². The fourth-order valence-corrected chi connectivity index (χ4v) is 3.36. The van der Waals surface area contributed by atoms with Crippen molar-refractivity contribution in [3.8, 4) is 22.6 Å². The number of benzene rings is 2. The first kappa shape index (κ1) is 22.9. The van der Waals surface area contributed by atoms with Crippen molar-refractivity contribution in [3.63, 3.8) is 0 Å². The third-order valence-corrected chi connectivity index (χ3v) is 5.11. The highest BCUT2D eigenvalue weighted by Crippen LogP contribution is 2.33. The summed E-state index contributed by atoms with van der Waals surface area (Å²) < 4.78 is 16.2. The first-order valence-electron chi connectivity index (χ1n) is 10.1. The summed E-state index contributed by atoms with van der Waals surface area (Å²) in [6, 6.07) is 11.0. The molecule has 3 rings (SSSR count). The van der Waals surface area contributed by atoms with Crippen molar-refractivity contribution >= 4 is 22.8 Å². The van der Waals surface area contributed by atoms with Gasteiger partial charge in [-0.1, -0.05) is 26.0 Å². The zero-order valence-electron chi connectivity index (χ0n) is 18.3. The van der Waals surface area contributed by atoms with Gasteiger partial charge in [-0.25, -0.2) is 4.79 Å². The van der Waals surface area contributed by atoms with Crippen LogP contribution in [-0.2, 0) is 9.59 Å². The Kier molecular flexibility index (Phi) is 6.82. The maximum absolute atomic E-state index is 12.2. The molecule has 0 aliphatic carbocycles. The van der Waals surface area contributed by atoms with Crippen LogP contribution in [0.1, 0.15) is 19.4 Å². The smallest absolute Gasteiger partial charge is 0.336 e. The summed E-state index contributed by atoms with van der Waals surface area (Å²) in [6.07, 6.45) is 0. The van der Waals surface area contributed by atoms with E-state index in [1.807, 2.05) is 12.1 Å². The van der Waals surface area contributed by atoms with Crippen molar-refractivity contribution in [3.05, 3.63) is 58.4 Å². The van der Waals surface area contributed by atoms with E-state index in [0.717, 1.165) is 5.56 Å². The Morgan fingerprint density at radius 2 is 1.81 bits per heavy atom. The first-order chi connectivity index (χ1) is 15.2. The van der Waals surface area contributed by atoms with Gasteiger partial charge in [0.2, 0.25) is 0 Å². The number of methoxy groups -OCH3 is 1. The Morgan fingerprint density at radius 3 is 2.41 bits per heavy atom. The van der Waals surface area contributed by atoms with Crippen LogP contribution in [0.25, 0.3) is 22.1 Å². The summed E-state index contributed by atoms with van der Waals surface area (Å²) in [5, 5.41) is 14.2. The molecule has 8 heteroatoms. The Balaban J connectivity index is 1.88. The quantitative estimate of drug-likeness (QED) is 0.535. The van der Waals surface area contributed by atoms with E-state index in [4.69, 9.17) is 13.9 Å². The number of hydrogen-bond donors (Lipinski definition) is 1. The Morgan fingerprint density at radius 1 is 1.12 bits per heavy atom. The van der Waals surface area contributed by atoms with Crippen molar-refractivity contribution < 1.29 is 28.6 Å². The lowest BCUT2D eigenvalue weighted by atomic mass is 10.00. The SMILES string of the molecule is COc1ccc(-c2cc(=O)oc3c(C)c(OCC(=O)N[C@H](C(=O)[O-])C(C)C)ccc23)cc1. The molecule has 32 heavy (non-hydrogen) atoms. The molecule has 1 atom stereocenters. The van der Waals surface area contributed by atoms with Gasteiger partial charge in [0.05, 0.1) is 19.1 Å². The van der Waals surface area contributed by atoms with Crippen LogP contribution in [0.2, 0.25) is 0 Å². The van der Waals surface area contributed by atoms with Gasteiger partial charge in [-0.05, 0) is 48.2 Å². The van der Waals surface area contributed by atoms with Crippen LogP contribution in [0.4, 0.5) is 0 Å². The van der Waals surface area contributed by atoms with Crippen molar-refractivity contribution in [2.45, 2.75) is 26.8 Å². The number of carboxylic acid groups (broad SMARTS) is 1. The number of ether oxygens (including phenoxy) is 2. The van der Waals surface area contributed by atoms with Crippen molar-refractivity contribution in [2.24, 2.45) is 5.92 Å². The largest absolute Gasteiger partial charge is 0.548 e. The number of rotatable bonds is 8. The molecule has 0 radical (unpaired) electrons. The lowest BCUT2D eigenvalue weighted by molar-refractivity contribution is -0.309. The Labute approximate surface area is 184 Å². The molecule has 0 spiro atoms. The van der Waals surface area contributed by atoms with Gasteiger partial charge < -0.3 is 29.1 Å². The number of aliphatic carboxylic acids is 1. The van der Waals surface area contributed by atoms with Crippen LogP contribution < -0.4 is 25.5 Å². The molecular formula is C24H24NO7-. The lowest BCUT2D eigenvalue weighted by Crippen LogP contribution is -2.51. The van der Waals surface area contributed by atoms with Crippen LogP contribution >= 0.6 is 0 Å². The summed E-state index contributed by atoms with van der Waals surface area (Å²) in [7, 11) is 1.58. The Hall–Kier alpha value is -3.81. The predicted molar refractivity (Wildman–Crippen MR) is 116 cm³/mol. The zero-order chi connectivity index (χ0) is 23.4. The van der Waals surface area contributed by atoms with Crippen LogP contribution in [0.15, 0.2) is 51.7 Å². The maximum atomic E-state index is 12.2. The van der Waals surface area contributed by atoms with E-state index in [9.17, 15) is 19.5 Å². The number of fused-ring (bicyclic) bond motifs is 1. The van der Waals surface area contributed by atoms with Gasteiger partial charge in [-0.2, -0.15) is 0 Å². The molecule has 3 aromatic rings. The minimum Gasteiger partial charge on any atom is -0.548 e. The van der Waals surface area contributed by atoms with Crippen molar-refractivity contribution in [1.82, 2.24) is 5.32 Å². The topological polar surface area (TPSA) is 118 Å². The monoisotopic (exact) mass is 438 g/mol. The molecule has 1 aromatic heterocycles. The van der Waals surface area contributed by atoms with Gasteiger partial charge in [-0.15, -0.1) is 0 Å². The van der Waals surface area contributed by atoms with Gasteiger partial charge in [0.15, 0.2) is 6.61 Å². The van der Waals surface area contributed by atoms with Crippen LogP contribution in [-0.4, -0.2) is 31.6 Å². The number of nitrogens with one attached hydrogen (secondary N) is 1. The molecule has 1 heterocycles. The van der Waals surface area contributed by atoms with Gasteiger partial charge in [0.1, 0.15) is 17.1 Å². The number of carbonyl (C=O) groups excluding carboxylic acids is 2. The van der Waals surface area contributed by atoms with E-state index in [1.54, 1.807) is 52.1 Å². The third kappa shape index (κ3) is 4.91. The minimum absolute atomic E-state index is 0.336. The molecule has 0 aliphatic heterocycles. The number of carbonyl (C=O) groups is 2. The first-order valence-corrected chi connectivity index (χ1v) is 10.1. The molecule has 0 aliphatic rings. The standard InChI is InChI=1S/C24H25NO7/c1-13(2)22(24(28)29)25-20(26)12-31-19-10-9-17-18(11-21(27)32-23(17)14(19)3)15-5-7-16(30-4)8-6-15/h5-11,13,22H,12H2,1-4H3,(H,25,26)(H,28,29)/p-1/t22-/m0/s1. The van der Waals surface area contributed by atoms with E-state index in [1.165, 1.54) is 6.07 Å². The molecule has 0 bridgehead atoms. The van der Waals surface area contributed by atoms with Crippen LogP contribution in [0, 0.1) is 12.8 Å². The highest BCUT2D eigenvalue weighted by atomic mass is 16.5. The molecule has 2 aromatic carbocycles. The number of carboxylic acids is 1. The number of hydrogen-bond acceptors (Lipinski definition) is 7. The van der Waals surface area contributed by atoms with Crippen LogP contribution in [0.5, 0.6) is 11.5 Å². The highest BCUT2D eigenvalue weighted by molar-refractivity contribution is 5.95. The van der Waals surface area contributed by atoms with Crippen LogP contribution in [0.3, 0.4) is 0 Å². The fraction of sp³-hybridized carbons (Fsp3) is 0.292. The summed E-state index contributed by atoms with van der Waals surface area (Å²) in [5.41, 5.74) is 1.88. The van der Waals surface area contributed by atoms with E-state index in [0.29, 0.717) is 33.6 Å². The van der Waals surface area contributed by atoms with Gasteiger partial charge >= 0.3 is 5.63 Å². The average molecular weight is 438 g/mol. The van der Waals surface area contributed by atoms with Gasteiger partial charge in [0, 0.05) is 17.0 Å².